The van der Waals surface area contributed by atoms with Crippen LogP contribution in [0.3, 0.4) is 0 Å². The lowest BCUT2D eigenvalue weighted by atomic mass is 9.65. The molecule has 6 atom stereocenters. The molecule has 12 aliphatic carbocycles. The van der Waals surface area contributed by atoms with E-state index in [4.69, 9.17) is 24.4 Å². The average Bonchev–Trinajstić information content (AvgIpc) is 1.35. The molecule has 0 radical (unpaired) electrons. The average molecular weight is 1370 g/mol. The fourth-order valence-electron chi connectivity index (χ4n) is 17.8. The molecule has 24 rings (SSSR count). The van der Waals surface area contributed by atoms with Crippen LogP contribution in [0.5, 0.6) is 0 Å². The minimum absolute atomic E-state index is 0.0803. The molecule has 0 saturated heterocycles. The Morgan fingerprint density at radius 2 is 0.841 bits per heavy atom. The van der Waals surface area contributed by atoms with Crippen molar-refractivity contribution in [2.75, 3.05) is 0 Å². The molecule has 0 bridgehead atoms. The number of allylic oxidation sites excluding steroid dienone is 36. The summed E-state index contributed by atoms with van der Waals surface area (Å²) in [4.78, 5) is 28.5. The topological polar surface area (TPSA) is 124 Å². The van der Waals surface area contributed by atoms with Crippen molar-refractivity contribution in [3.8, 4) is 39.8 Å². The van der Waals surface area contributed by atoms with Gasteiger partial charge in [0.1, 0.15) is 23.9 Å². The van der Waals surface area contributed by atoms with Gasteiger partial charge in [-0.1, -0.05) is 219 Å². The summed E-state index contributed by atoms with van der Waals surface area (Å²) in [6, 6.07) is 48.6. The Bertz CT molecular complexity index is 6410. The summed E-state index contributed by atoms with van der Waals surface area (Å²) >= 11 is 0. The van der Waals surface area contributed by atoms with Crippen molar-refractivity contribution in [1.29, 1.82) is 0 Å². The third-order valence-electron chi connectivity index (χ3n) is 22.7. The van der Waals surface area contributed by atoms with Crippen molar-refractivity contribution < 1.29 is 4.42 Å². The highest BCUT2D eigenvalue weighted by Gasteiger charge is 2.43. The van der Waals surface area contributed by atoms with Crippen molar-refractivity contribution in [2.24, 2.45) is 32.7 Å². The maximum absolute atomic E-state index is 6.10. The Hall–Kier alpha value is -13.9. The molecule has 9 aromatic rings. The van der Waals surface area contributed by atoms with Crippen LogP contribution >= 0.6 is 0 Å². The number of aliphatic imine (C=N–C) groups is 3. The fraction of sp³-hybridized carbons (Fsp3) is 0.0625. The molecule has 3 aliphatic heterocycles. The van der Waals surface area contributed by atoms with Gasteiger partial charge in [-0.2, -0.15) is 0 Å². The second-order valence-electron chi connectivity index (χ2n) is 28.5. The maximum atomic E-state index is 6.10. The molecule has 11 nitrogen and oxygen atoms in total. The first-order chi connectivity index (χ1) is 53.0. The SMILES string of the molecule is C1=CC2=CC3=C4C(=CC=C5C=CC(c6ccc(-c7cn8cccnc8n7)cc6)=C(C=C3)C54)C2N=C1.C1=CC2=CC3=C4C(=CC=C5C=CC(c6ccc(-c7nc8ccccc8n7-c7ccccc7)cc6)=C(C=C3)C54)C2N=C1.C1=CC2=CC3=C4C(=CC=C5C=CC(c6nnc(-c7ccccc7)o6)=C(C=C3)C54)C2N=C1. The van der Waals surface area contributed by atoms with E-state index in [1.54, 1.807) is 6.20 Å². The van der Waals surface area contributed by atoms with E-state index in [1.165, 1.54) is 123 Å². The van der Waals surface area contributed by atoms with Gasteiger partial charge in [-0.05, 0) is 208 Å². The minimum atomic E-state index is 0.0803. The van der Waals surface area contributed by atoms with Gasteiger partial charge in [0.25, 0.3) is 0 Å². The maximum Gasteiger partial charge on any atom is 0.248 e. The molecule has 4 aromatic heterocycles. The second kappa shape index (κ2) is 24.4. The van der Waals surface area contributed by atoms with Gasteiger partial charge in [0, 0.05) is 82.9 Å². The van der Waals surface area contributed by atoms with Crippen molar-refractivity contribution >= 4 is 52.2 Å². The third-order valence-corrected chi connectivity index (χ3v) is 22.7. The smallest absolute Gasteiger partial charge is 0.248 e. The Morgan fingerprint density at radius 1 is 0.364 bits per heavy atom. The summed E-state index contributed by atoms with van der Waals surface area (Å²) in [5.74, 6) is 3.44. The van der Waals surface area contributed by atoms with E-state index in [2.05, 4.69) is 268 Å². The van der Waals surface area contributed by atoms with Crippen LogP contribution in [0.25, 0.3) is 73.3 Å². The predicted molar refractivity (Wildman–Crippen MR) is 429 cm³/mol. The number of aromatic nitrogens is 7. The molecule has 107 heavy (non-hydrogen) atoms. The largest absolute Gasteiger partial charge is 0.416 e. The Morgan fingerprint density at radius 3 is 1.38 bits per heavy atom. The standard InChI is InChI=1S/C38H25N3.C31H20N4.C27H17N3O/c1-2-8-29(9-3-1)41-34-11-5-4-10-33(34)40-38(41)26-14-12-24(13-15-26)30-19-16-25-17-21-32-36-27(18-20-31(30)35(25)36)23-28-7-6-22-39-37(28)32;1-3-23-17-22-10-12-25-24(11-8-21-9-13-26(29(22)28(21)25)30(23)32-14-1)19-4-6-20(7-5-19)27-18-35-16-2-15-33-31(35)34-27;1-2-5-17(6-3-1)26-29-30-27(31-26)21-12-8-16-9-13-22-24-18(10-11-20(21)23(16)24)15-19-7-4-14-28-25(19)22/h1-23,35,37H;1-18,28,30H;1-15,23,25H. The molecule has 0 saturated carbocycles. The zero-order valence-corrected chi connectivity index (χ0v) is 57.7. The molecule has 0 spiro atoms. The first kappa shape index (κ1) is 60.7. The quantitative estimate of drug-likeness (QED) is 0.157. The number of rotatable bonds is 7. The summed E-state index contributed by atoms with van der Waals surface area (Å²) in [5.41, 5.74) is 37.0. The number of benzene rings is 5. The van der Waals surface area contributed by atoms with Crippen LogP contribution in [0.15, 0.2) is 442 Å². The molecule has 5 aromatic carbocycles. The Labute approximate surface area is 617 Å². The highest BCUT2D eigenvalue weighted by atomic mass is 16.4. The number of dihydropyridines is 3. The van der Waals surface area contributed by atoms with Crippen molar-refractivity contribution in [2.45, 2.75) is 18.1 Å². The number of para-hydroxylation sites is 3. The summed E-state index contributed by atoms with van der Waals surface area (Å²) < 4.78 is 10.3. The van der Waals surface area contributed by atoms with E-state index in [-0.39, 0.29) is 35.9 Å². The second-order valence-corrected chi connectivity index (χ2v) is 28.5. The van der Waals surface area contributed by atoms with Gasteiger partial charge in [-0.15, -0.1) is 10.2 Å². The van der Waals surface area contributed by atoms with Crippen LogP contribution in [0.1, 0.15) is 17.0 Å². The molecule has 15 aliphatic rings. The lowest BCUT2D eigenvalue weighted by Crippen LogP contribution is -2.29. The Balaban J connectivity index is 0.000000101. The molecule has 11 heteroatoms. The van der Waals surface area contributed by atoms with Gasteiger partial charge in [0.2, 0.25) is 17.6 Å². The number of fused-ring (bicyclic) bond motifs is 8. The van der Waals surface area contributed by atoms with Gasteiger partial charge in [-0.25, -0.2) is 15.0 Å². The van der Waals surface area contributed by atoms with E-state index < -0.39 is 0 Å². The van der Waals surface area contributed by atoms with Crippen LogP contribution in [0.4, 0.5) is 0 Å². The van der Waals surface area contributed by atoms with E-state index >= 15 is 0 Å². The first-order valence-corrected chi connectivity index (χ1v) is 36.5. The zero-order valence-electron chi connectivity index (χ0n) is 57.7. The first-order valence-electron chi connectivity index (χ1n) is 36.5. The minimum Gasteiger partial charge on any atom is -0.416 e. The molecule has 0 amide bonds. The van der Waals surface area contributed by atoms with Crippen molar-refractivity contribution in [1.82, 2.24) is 34.1 Å². The number of nitrogens with zero attached hydrogens (tertiary/aromatic N) is 10. The van der Waals surface area contributed by atoms with Gasteiger partial charge in [0.05, 0.1) is 16.7 Å². The van der Waals surface area contributed by atoms with Crippen LogP contribution in [-0.2, 0) is 0 Å². The molecule has 6 unspecified atom stereocenters. The summed E-state index contributed by atoms with van der Waals surface area (Å²) in [6.07, 6.45) is 71.7. The fourth-order valence-corrected chi connectivity index (χ4v) is 17.8. The molecule has 0 fully saturated rings. The molecule has 0 N–H and O–H groups in total. The lowest BCUT2D eigenvalue weighted by Gasteiger charge is -2.39. The molecule has 502 valence electrons. The van der Waals surface area contributed by atoms with Gasteiger partial charge >= 0.3 is 0 Å². The van der Waals surface area contributed by atoms with Crippen LogP contribution in [0, 0.1) is 17.8 Å². The van der Waals surface area contributed by atoms with Crippen molar-refractivity contribution in [3.05, 3.63) is 440 Å². The molecule has 7 heterocycles. The van der Waals surface area contributed by atoms with Crippen LogP contribution < -0.4 is 0 Å². The number of imidazole rings is 2. The van der Waals surface area contributed by atoms with E-state index in [0.29, 0.717) is 17.6 Å². The highest BCUT2D eigenvalue weighted by Crippen LogP contribution is 2.55. The predicted octanol–water partition coefficient (Wildman–Crippen LogP) is 19.7. The monoisotopic (exact) mass is 1370 g/mol. The summed E-state index contributed by atoms with van der Waals surface area (Å²) in [6.45, 7) is 0. The third kappa shape index (κ3) is 9.88. The molecular weight excluding hydrogens is 1310 g/mol. The zero-order chi connectivity index (χ0) is 70.2. The van der Waals surface area contributed by atoms with Gasteiger partial charge in [0.15, 0.2) is 0 Å². The molecular formula is C96H62N10O. The summed E-state index contributed by atoms with van der Waals surface area (Å²) in [7, 11) is 0. The number of hydrogen-bond donors (Lipinski definition) is 0. The van der Waals surface area contributed by atoms with Crippen LogP contribution in [-0.4, -0.2) is 70.9 Å². The normalized spacial score (nSPS) is 23.0. The lowest BCUT2D eigenvalue weighted by molar-refractivity contribution is 0.553. The van der Waals surface area contributed by atoms with E-state index in [0.717, 1.165) is 50.5 Å². The highest BCUT2D eigenvalue weighted by molar-refractivity contribution is 5.92. The number of hydrogen-bond acceptors (Lipinski definition) is 9. The van der Waals surface area contributed by atoms with Crippen LogP contribution in [0.2, 0.25) is 0 Å². The Kier molecular flexibility index (Phi) is 13.8. The van der Waals surface area contributed by atoms with Gasteiger partial charge in [-0.3, -0.25) is 23.9 Å². The van der Waals surface area contributed by atoms with E-state index in [1.807, 2.05) is 96.1 Å². The van der Waals surface area contributed by atoms with Gasteiger partial charge < -0.3 is 4.42 Å². The van der Waals surface area contributed by atoms with E-state index in [9.17, 15) is 0 Å². The summed E-state index contributed by atoms with van der Waals surface area (Å²) in [5, 5.41) is 8.68. The van der Waals surface area contributed by atoms with Crippen molar-refractivity contribution in [3.63, 3.8) is 0 Å².